The highest BCUT2D eigenvalue weighted by molar-refractivity contribution is 4.92. The summed E-state index contributed by atoms with van der Waals surface area (Å²) in [6.07, 6.45) is 5.93. The van der Waals surface area contributed by atoms with Gasteiger partial charge in [0, 0.05) is 6.54 Å². The van der Waals surface area contributed by atoms with Crippen molar-refractivity contribution in [3.05, 3.63) is 12.2 Å². The van der Waals surface area contributed by atoms with Crippen LogP contribution >= 0.6 is 0 Å². The van der Waals surface area contributed by atoms with E-state index in [1.54, 1.807) is 0 Å². The second-order valence-corrected chi connectivity index (χ2v) is 3.85. The first-order valence-corrected chi connectivity index (χ1v) is 5.13. The van der Waals surface area contributed by atoms with E-state index in [4.69, 9.17) is 0 Å². The Bertz CT molecular complexity index is 151. The van der Waals surface area contributed by atoms with Gasteiger partial charge >= 0.3 is 0 Å². The van der Waals surface area contributed by atoms with Gasteiger partial charge in [-0.05, 0) is 38.3 Å². The van der Waals surface area contributed by atoms with Crippen molar-refractivity contribution < 1.29 is 0 Å². The number of hydrogen-bond acceptors (Lipinski definition) is 1. The maximum absolute atomic E-state index is 2.55. The van der Waals surface area contributed by atoms with Crippen LogP contribution in [0.1, 0.15) is 27.2 Å². The SMILES string of the molecule is C/C=C/C1CN(CC)CCC1C. The Morgan fingerprint density at radius 2 is 2.25 bits per heavy atom. The highest BCUT2D eigenvalue weighted by atomic mass is 15.1. The van der Waals surface area contributed by atoms with Crippen LogP contribution in [0.5, 0.6) is 0 Å². The minimum Gasteiger partial charge on any atom is -0.303 e. The van der Waals surface area contributed by atoms with Gasteiger partial charge in [0.05, 0.1) is 0 Å². The molecule has 0 aromatic rings. The van der Waals surface area contributed by atoms with Gasteiger partial charge < -0.3 is 4.90 Å². The molecular formula is C11H21N. The number of likely N-dealkylation sites (tertiary alicyclic amines) is 1. The second kappa shape index (κ2) is 4.66. The van der Waals surface area contributed by atoms with Crippen LogP contribution in [0.25, 0.3) is 0 Å². The summed E-state index contributed by atoms with van der Waals surface area (Å²) in [6, 6.07) is 0. The highest BCUT2D eigenvalue weighted by Gasteiger charge is 2.22. The van der Waals surface area contributed by atoms with Gasteiger partial charge in [-0.3, -0.25) is 0 Å². The van der Waals surface area contributed by atoms with E-state index in [-0.39, 0.29) is 0 Å². The third-order valence-corrected chi connectivity index (χ3v) is 2.99. The maximum Gasteiger partial charge on any atom is 0.00468 e. The van der Waals surface area contributed by atoms with Crippen LogP contribution in [0.15, 0.2) is 12.2 Å². The summed E-state index contributed by atoms with van der Waals surface area (Å²) in [5.74, 6) is 1.67. The van der Waals surface area contributed by atoms with Crippen LogP contribution in [0.2, 0.25) is 0 Å². The summed E-state index contributed by atoms with van der Waals surface area (Å²) in [5, 5.41) is 0. The van der Waals surface area contributed by atoms with E-state index in [0.29, 0.717) is 0 Å². The van der Waals surface area contributed by atoms with E-state index in [0.717, 1.165) is 11.8 Å². The molecule has 70 valence electrons. The molecule has 2 unspecified atom stereocenters. The monoisotopic (exact) mass is 167 g/mol. The van der Waals surface area contributed by atoms with Gasteiger partial charge in [-0.15, -0.1) is 0 Å². The van der Waals surface area contributed by atoms with Gasteiger partial charge in [-0.1, -0.05) is 26.0 Å². The van der Waals surface area contributed by atoms with Gasteiger partial charge in [0.25, 0.3) is 0 Å². The molecule has 0 bridgehead atoms. The smallest absolute Gasteiger partial charge is 0.00468 e. The molecule has 0 spiro atoms. The van der Waals surface area contributed by atoms with E-state index in [1.165, 1.54) is 26.1 Å². The van der Waals surface area contributed by atoms with Gasteiger partial charge in [-0.25, -0.2) is 0 Å². The fourth-order valence-electron chi connectivity index (χ4n) is 1.95. The van der Waals surface area contributed by atoms with E-state index < -0.39 is 0 Å². The number of allylic oxidation sites excluding steroid dienone is 1. The second-order valence-electron chi connectivity index (χ2n) is 3.85. The molecule has 1 aliphatic rings. The number of rotatable bonds is 2. The zero-order chi connectivity index (χ0) is 8.97. The molecule has 0 saturated carbocycles. The van der Waals surface area contributed by atoms with Crippen LogP contribution in [-0.2, 0) is 0 Å². The van der Waals surface area contributed by atoms with E-state index in [2.05, 4.69) is 37.8 Å². The molecule has 0 aromatic heterocycles. The summed E-state index contributed by atoms with van der Waals surface area (Å²) in [6.45, 7) is 10.5. The minimum absolute atomic E-state index is 0.795. The third-order valence-electron chi connectivity index (χ3n) is 2.99. The summed E-state index contributed by atoms with van der Waals surface area (Å²) in [5.41, 5.74) is 0. The zero-order valence-electron chi connectivity index (χ0n) is 8.59. The van der Waals surface area contributed by atoms with Crippen molar-refractivity contribution in [2.75, 3.05) is 19.6 Å². The van der Waals surface area contributed by atoms with Crippen LogP contribution in [0, 0.1) is 11.8 Å². The lowest BCUT2D eigenvalue weighted by atomic mass is 9.87. The molecule has 0 aliphatic carbocycles. The predicted molar refractivity (Wildman–Crippen MR) is 54.2 cm³/mol. The van der Waals surface area contributed by atoms with Crippen LogP contribution in [0.3, 0.4) is 0 Å². The van der Waals surface area contributed by atoms with Crippen LogP contribution < -0.4 is 0 Å². The third kappa shape index (κ3) is 2.34. The van der Waals surface area contributed by atoms with Crippen molar-refractivity contribution in [3.8, 4) is 0 Å². The molecule has 0 amide bonds. The summed E-state index contributed by atoms with van der Waals surface area (Å²) >= 11 is 0. The van der Waals surface area contributed by atoms with Crippen molar-refractivity contribution in [2.24, 2.45) is 11.8 Å². The molecule has 1 heteroatoms. The number of nitrogens with zero attached hydrogens (tertiary/aromatic N) is 1. The molecule has 1 fully saturated rings. The average Bonchev–Trinajstić information content (AvgIpc) is 2.09. The molecule has 1 rings (SSSR count). The van der Waals surface area contributed by atoms with Crippen molar-refractivity contribution in [1.29, 1.82) is 0 Å². The Balaban J connectivity index is 2.47. The molecule has 1 saturated heterocycles. The lowest BCUT2D eigenvalue weighted by Crippen LogP contribution is -2.38. The Labute approximate surface area is 76.5 Å². The average molecular weight is 167 g/mol. The normalized spacial score (nSPS) is 32.9. The molecule has 2 atom stereocenters. The van der Waals surface area contributed by atoms with E-state index in [1.807, 2.05) is 0 Å². The quantitative estimate of drug-likeness (QED) is 0.571. The molecule has 0 radical (unpaired) electrons. The van der Waals surface area contributed by atoms with E-state index >= 15 is 0 Å². The summed E-state index contributed by atoms with van der Waals surface area (Å²) in [7, 11) is 0. The zero-order valence-corrected chi connectivity index (χ0v) is 8.59. The molecule has 0 N–H and O–H groups in total. The van der Waals surface area contributed by atoms with Crippen LogP contribution in [0.4, 0.5) is 0 Å². The molecule has 1 nitrogen and oxygen atoms in total. The Kier molecular flexibility index (Phi) is 3.80. The first kappa shape index (κ1) is 9.79. The van der Waals surface area contributed by atoms with Crippen molar-refractivity contribution >= 4 is 0 Å². The lowest BCUT2D eigenvalue weighted by Gasteiger charge is -2.34. The standard InChI is InChI=1S/C11H21N/c1-4-6-11-9-12(5-2)8-7-10(11)3/h4,6,10-11H,5,7-9H2,1-3H3/b6-4+. The number of piperidine rings is 1. The van der Waals surface area contributed by atoms with Crippen molar-refractivity contribution in [2.45, 2.75) is 27.2 Å². The lowest BCUT2D eigenvalue weighted by molar-refractivity contribution is 0.160. The maximum atomic E-state index is 2.55. The number of hydrogen-bond donors (Lipinski definition) is 0. The largest absolute Gasteiger partial charge is 0.303 e. The fourth-order valence-corrected chi connectivity index (χ4v) is 1.95. The molecule has 0 aromatic carbocycles. The van der Waals surface area contributed by atoms with Gasteiger partial charge in [-0.2, -0.15) is 0 Å². The molecular weight excluding hydrogens is 146 g/mol. The van der Waals surface area contributed by atoms with E-state index in [9.17, 15) is 0 Å². The molecule has 1 aliphatic heterocycles. The van der Waals surface area contributed by atoms with Crippen molar-refractivity contribution in [3.63, 3.8) is 0 Å². The van der Waals surface area contributed by atoms with Gasteiger partial charge in [0.2, 0.25) is 0 Å². The first-order chi connectivity index (χ1) is 5.77. The minimum atomic E-state index is 0.795. The summed E-state index contributed by atoms with van der Waals surface area (Å²) in [4.78, 5) is 2.55. The fraction of sp³-hybridized carbons (Fsp3) is 0.818. The van der Waals surface area contributed by atoms with Gasteiger partial charge in [0.15, 0.2) is 0 Å². The van der Waals surface area contributed by atoms with Crippen molar-refractivity contribution in [1.82, 2.24) is 4.90 Å². The molecule has 12 heavy (non-hydrogen) atoms. The van der Waals surface area contributed by atoms with Gasteiger partial charge in [0.1, 0.15) is 0 Å². The Hall–Kier alpha value is -0.300. The highest BCUT2D eigenvalue weighted by Crippen LogP contribution is 2.23. The summed E-state index contributed by atoms with van der Waals surface area (Å²) < 4.78 is 0. The van der Waals surface area contributed by atoms with Crippen LogP contribution in [-0.4, -0.2) is 24.5 Å². The molecule has 1 heterocycles. The first-order valence-electron chi connectivity index (χ1n) is 5.13. The predicted octanol–water partition coefficient (Wildman–Crippen LogP) is 2.54. The topological polar surface area (TPSA) is 3.24 Å². The Morgan fingerprint density at radius 1 is 1.50 bits per heavy atom. The Morgan fingerprint density at radius 3 is 2.83 bits per heavy atom.